The van der Waals surface area contributed by atoms with Gasteiger partial charge in [-0.2, -0.15) is 16.1 Å². The number of aromatic nitrogens is 2. The van der Waals surface area contributed by atoms with Gasteiger partial charge in [-0.15, -0.1) is 0 Å². The Kier molecular flexibility index (Phi) is 6.47. The molecule has 0 unspecified atom stereocenters. The standard InChI is InChI=1S/C19H22ClN5O3S2/c20-17-3-2-15(30(27,28)25-10-12-29-13-11-25)14-16(17)18(26)23-6-8-24(9-7-23)19-21-4-1-5-22-19/h1-5,14H,6-13H2. The lowest BCUT2D eigenvalue weighted by molar-refractivity contribution is 0.0746. The number of hydrogen-bond donors (Lipinski definition) is 0. The van der Waals surface area contributed by atoms with Crippen LogP contribution in [0.3, 0.4) is 0 Å². The zero-order valence-corrected chi connectivity index (χ0v) is 18.7. The zero-order valence-electron chi connectivity index (χ0n) is 16.3. The maximum absolute atomic E-state index is 13.1. The Morgan fingerprint density at radius 3 is 2.33 bits per heavy atom. The third-order valence-corrected chi connectivity index (χ3v) is 8.34. The summed E-state index contributed by atoms with van der Waals surface area (Å²) in [5.74, 6) is 1.91. The van der Waals surface area contributed by atoms with Crippen molar-refractivity contribution in [3.8, 4) is 0 Å². The average Bonchev–Trinajstić information content (AvgIpc) is 2.80. The molecule has 1 amide bonds. The Morgan fingerprint density at radius 2 is 1.67 bits per heavy atom. The highest BCUT2D eigenvalue weighted by Crippen LogP contribution is 2.26. The Morgan fingerprint density at radius 1 is 1.00 bits per heavy atom. The Hall–Kier alpha value is -1.88. The fourth-order valence-corrected chi connectivity index (χ4v) is 6.30. The van der Waals surface area contributed by atoms with E-state index in [1.54, 1.807) is 35.1 Å². The molecule has 0 saturated carbocycles. The lowest BCUT2D eigenvalue weighted by atomic mass is 10.2. The highest BCUT2D eigenvalue weighted by Gasteiger charge is 2.29. The van der Waals surface area contributed by atoms with Crippen molar-refractivity contribution in [2.24, 2.45) is 0 Å². The fourth-order valence-electron chi connectivity index (χ4n) is 3.50. The molecular formula is C19H22ClN5O3S2. The molecule has 0 N–H and O–H groups in total. The Bertz CT molecular complexity index is 1010. The number of carbonyl (C=O) groups excluding carboxylic acids is 1. The number of piperazine rings is 1. The second kappa shape index (κ2) is 9.09. The number of amides is 1. The molecule has 160 valence electrons. The molecule has 30 heavy (non-hydrogen) atoms. The quantitative estimate of drug-likeness (QED) is 0.677. The third kappa shape index (κ3) is 4.41. The van der Waals surface area contributed by atoms with E-state index < -0.39 is 10.0 Å². The minimum absolute atomic E-state index is 0.110. The normalized spacial score (nSPS) is 18.4. The van der Waals surface area contributed by atoms with E-state index in [9.17, 15) is 13.2 Å². The molecule has 2 saturated heterocycles. The monoisotopic (exact) mass is 467 g/mol. The van der Waals surface area contributed by atoms with E-state index in [2.05, 4.69) is 9.97 Å². The van der Waals surface area contributed by atoms with E-state index in [4.69, 9.17) is 11.6 Å². The summed E-state index contributed by atoms with van der Waals surface area (Å²) in [6.07, 6.45) is 3.37. The maximum Gasteiger partial charge on any atom is 0.255 e. The number of nitrogens with zero attached hydrogens (tertiary/aromatic N) is 5. The number of benzene rings is 1. The van der Waals surface area contributed by atoms with Crippen LogP contribution in [0.1, 0.15) is 10.4 Å². The van der Waals surface area contributed by atoms with E-state index in [0.29, 0.717) is 45.2 Å². The molecule has 4 rings (SSSR count). The van der Waals surface area contributed by atoms with Gasteiger partial charge in [0.2, 0.25) is 16.0 Å². The fraction of sp³-hybridized carbons (Fsp3) is 0.421. The van der Waals surface area contributed by atoms with Gasteiger partial charge in [-0.05, 0) is 24.3 Å². The molecule has 0 aliphatic carbocycles. The number of rotatable bonds is 4. The number of carbonyl (C=O) groups is 1. The molecule has 0 radical (unpaired) electrons. The topological polar surface area (TPSA) is 86.7 Å². The second-order valence-electron chi connectivity index (χ2n) is 6.99. The largest absolute Gasteiger partial charge is 0.337 e. The van der Waals surface area contributed by atoms with Crippen LogP contribution in [0.25, 0.3) is 0 Å². The Balaban J connectivity index is 1.50. The van der Waals surface area contributed by atoms with Crippen molar-refractivity contribution in [1.82, 2.24) is 19.2 Å². The number of anilines is 1. The molecule has 1 aromatic carbocycles. The van der Waals surface area contributed by atoms with Crippen LogP contribution in [0.15, 0.2) is 41.6 Å². The van der Waals surface area contributed by atoms with Gasteiger partial charge < -0.3 is 9.80 Å². The number of halogens is 1. The van der Waals surface area contributed by atoms with E-state index in [1.807, 2.05) is 4.90 Å². The molecule has 0 atom stereocenters. The summed E-state index contributed by atoms with van der Waals surface area (Å²) >= 11 is 8.02. The van der Waals surface area contributed by atoms with Crippen LogP contribution in [0.5, 0.6) is 0 Å². The molecule has 3 heterocycles. The zero-order chi connectivity index (χ0) is 21.1. The van der Waals surface area contributed by atoms with Crippen molar-refractivity contribution in [2.75, 3.05) is 55.7 Å². The first-order valence-corrected chi connectivity index (χ1v) is 12.6. The minimum Gasteiger partial charge on any atom is -0.337 e. The van der Waals surface area contributed by atoms with Gasteiger partial charge in [-0.1, -0.05) is 11.6 Å². The molecule has 0 bridgehead atoms. The van der Waals surface area contributed by atoms with Crippen LogP contribution in [0.2, 0.25) is 5.02 Å². The summed E-state index contributed by atoms with van der Waals surface area (Å²) in [7, 11) is -3.64. The van der Waals surface area contributed by atoms with Gasteiger partial charge in [0, 0.05) is 63.2 Å². The highest BCUT2D eigenvalue weighted by molar-refractivity contribution is 7.99. The van der Waals surface area contributed by atoms with Crippen LogP contribution < -0.4 is 4.90 Å². The van der Waals surface area contributed by atoms with Gasteiger partial charge in [-0.25, -0.2) is 18.4 Å². The van der Waals surface area contributed by atoms with Crippen LogP contribution in [0.4, 0.5) is 5.95 Å². The molecule has 2 aromatic rings. The predicted octanol–water partition coefficient (Wildman–Crippen LogP) is 1.83. The van der Waals surface area contributed by atoms with Crippen molar-refractivity contribution < 1.29 is 13.2 Å². The third-order valence-electron chi connectivity index (χ3n) is 5.18. The van der Waals surface area contributed by atoms with Crippen molar-refractivity contribution in [3.05, 3.63) is 47.2 Å². The van der Waals surface area contributed by atoms with Gasteiger partial charge in [-0.3, -0.25) is 4.79 Å². The van der Waals surface area contributed by atoms with E-state index in [-0.39, 0.29) is 21.4 Å². The minimum atomic E-state index is -3.64. The predicted molar refractivity (Wildman–Crippen MR) is 118 cm³/mol. The molecule has 2 aliphatic heterocycles. The van der Waals surface area contributed by atoms with Gasteiger partial charge in [0.25, 0.3) is 5.91 Å². The van der Waals surface area contributed by atoms with E-state index in [1.165, 1.54) is 22.5 Å². The first kappa shape index (κ1) is 21.4. The van der Waals surface area contributed by atoms with Crippen molar-refractivity contribution in [1.29, 1.82) is 0 Å². The van der Waals surface area contributed by atoms with Gasteiger partial charge in [0.05, 0.1) is 15.5 Å². The summed E-state index contributed by atoms with van der Waals surface area (Å²) in [4.78, 5) is 25.4. The molecule has 8 nitrogen and oxygen atoms in total. The SMILES string of the molecule is O=C(c1cc(S(=O)(=O)N2CCSCC2)ccc1Cl)N1CCN(c2ncccn2)CC1. The van der Waals surface area contributed by atoms with Crippen molar-refractivity contribution in [2.45, 2.75) is 4.90 Å². The Labute approximate surface area is 185 Å². The molecule has 2 fully saturated rings. The number of hydrogen-bond acceptors (Lipinski definition) is 7. The lowest BCUT2D eigenvalue weighted by Gasteiger charge is -2.35. The molecule has 2 aliphatic rings. The van der Waals surface area contributed by atoms with Crippen LogP contribution in [-0.4, -0.2) is 84.3 Å². The maximum atomic E-state index is 13.1. The number of thioether (sulfide) groups is 1. The summed E-state index contributed by atoms with van der Waals surface area (Å²) in [6.45, 7) is 3.10. The average molecular weight is 468 g/mol. The van der Waals surface area contributed by atoms with Gasteiger partial charge in [0.1, 0.15) is 0 Å². The van der Waals surface area contributed by atoms with Crippen LogP contribution >= 0.6 is 23.4 Å². The van der Waals surface area contributed by atoms with E-state index in [0.717, 1.165) is 11.5 Å². The smallest absolute Gasteiger partial charge is 0.255 e. The molecular weight excluding hydrogens is 446 g/mol. The number of sulfonamides is 1. The molecule has 11 heteroatoms. The second-order valence-corrected chi connectivity index (χ2v) is 10.6. The first-order valence-electron chi connectivity index (χ1n) is 9.65. The summed E-state index contributed by atoms with van der Waals surface area (Å²) < 4.78 is 27.4. The summed E-state index contributed by atoms with van der Waals surface area (Å²) in [5, 5.41) is 0.252. The van der Waals surface area contributed by atoms with Gasteiger partial charge in [0.15, 0.2) is 0 Å². The van der Waals surface area contributed by atoms with E-state index >= 15 is 0 Å². The van der Waals surface area contributed by atoms with Crippen LogP contribution in [-0.2, 0) is 10.0 Å². The van der Waals surface area contributed by atoms with Crippen molar-refractivity contribution >= 4 is 45.2 Å². The lowest BCUT2D eigenvalue weighted by Crippen LogP contribution is -2.49. The van der Waals surface area contributed by atoms with Crippen molar-refractivity contribution in [3.63, 3.8) is 0 Å². The highest BCUT2D eigenvalue weighted by atomic mass is 35.5. The first-order chi connectivity index (χ1) is 14.5. The summed E-state index contributed by atoms with van der Waals surface area (Å²) in [5.41, 5.74) is 0.216. The molecule has 1 aromatic heterocycles. The van der Waals surface area contributed by atoms with Crippen LogP contribution in [0, 0.1) is 0 Å². The summed E-state index contributed by atoms with van der Waals surface area (Å²) in [6, 6.07) is 6.14. The molecule has 0 spiro atoms. The van der Waals surface area contributed by atoms with Gasteiger partial charge >= 0.3 is 0 Å².